The van der Waals surface area contributed by atoms with Crippen LogP contribution in [0, 0.1) is 0 Å². The maximum absolute atomic E-state index is 9.76. The van der Waals surface area contributed by atoms with Crippen molar-refractivity contribution in [3.8, 4) is 17.2 Å². The Kier molecular flexibility index (Phi) is 4.31. The average Bonchev–Trinajstić information content (AvgIpc) is 2.43. The fourth-order valence-corrected chi connectivity index (χ4v) is 1.89. The zero-order chi connectivity index (χ0) is 14.9. The van der Waals surface area contributed by atoms with E-state index in [1.807, 2.05) is 0 Å². The number of hydrogen-bond acceptors (Lipinski definition) is 8. The molecule has 1 heterocycles. The SMILES string of the molecule is OC[C@H]1O[C@H](Oc2cc(O)ccc2O)[C@H](O)[C@@H](O)[C@@H]1O. The van der Waals surface area contributed by atoms with Gasteiger partial charge in [-0.25, -0.2) is 0 Å². The summed E-state index contributed by atoms with van der Waals surface area (Å²) >= 11 is 0. The third-order valence-electron chi connectivity index (χ3n) is 3.03. The van der Waals surface area contributed by atoms with Crippen LogP contribution in [0.5, 0.6) is 17.2 Å². The lowest BCUT2D eigenvalue weighted by Gasteiger charge is -2.39. The van der Waals surface area contributed by atoms with Gasteiger partial charge < -0.3 is 40.1 Å². The van der Waals surface area contributed by atoms with Crippen molar-refractivity contribution in [2.24, 2.45) is 0 Å². The van der Waals surface area contributed by atoms with Crippen LogP contribution >= 0.6 is 0 Å². The van der Waals surface area contributed by atoms with Crippen LogP contribution < -0.4 is 4.74 Å². The highest BCUT2D eigenvalue weighted by molar-refractivity contribution is 5.44. The van der Waals surface area contributed by atoms with E-state index in [0.29, 0.717) is 0 Å². The summed E-state index contributed by atoms with van der Waals surface area (Å²) in [6, 6.07) is 3.50. The summed E-state index contributed by atoms with van der Waals surface area (Å²) in [5.74, 6) is -0.656. The molecule has 1 aliphatic heterocycles. The lowest BCUT2D eigenvalue weighted by molar-refractivity contribution is -0.277. The standard InChI is InChI=1S/C12H16O8/c13-4-8-9(16)10(17)11(18)12(20-8)19-7-3-5(14)1-2-6(7)15/h1-3,8-18H,4H2/t8-,9-,10+,11-,12+/m1/s1. The molecule has 0 aromatic heterocycles. The lowest BCUT2D eigenvalue weighted by Crippen LogP contribution is -2.60. The van der Waals surface area contributed by atoms with Crippen molar-refractivity contribution in [2.45, 2.75) is 30.7 Å². The van der Waals surface area contributed by atoms with E-state index in [9.17, 15) is 25.5 Å². The zero-order valence-corrected chi connectivity index (χ0v) is 10.3. The molecule has 0 bridgehead atoms. The van der Waals surface area contributed by atoms with Crippen LogP contribution in [0.1, 0.15) is 0 Å². The first kappa shape index (κ1) is 14.8. The van der Waals surface area contributed by atoms with Crippen molar-refractivity contribution in [1.82, 2.24) is 0 Å². The summed E-state index contributed by atoms with van der Waals surface area (Å²) in [5, 5.41) is 56.8. The molecule has 2 rings (SSSR count). The van der Waals surface area contributed by atoms with E-state index in [2.05, 4.69) is 0 Å². The molecule has 6 N–H and O–H groups in total. The Morgan fingerprint density at radius 2 is 1.75 bits per heavy atom. The number of aliphatic hydroxyl groups is 4. The highest BCUT2D eigenvalue weighted by atomic mass is 16.7. The van der Waals surface area contributed by atoms with Gasteiger partial charge in [0.25, 0.3) is 0 Å². The van der Waals surface area contributed by atoms with Gasteiger partial charge in [-0.05, 0) is 12.1 Å². The second-order valence-corrected chi connectivity index (χ2v) is 4.47. The highest BCUT2D eigenvalue weighted by Gasteiger charge is 2.44. The molecule has 0 saturated carbocycles. The third kappa shape index (κ3) is 2.79. The van der Waals surface area contributed by atoms with E-state index in [4.69, 9.17) is 14.6 Å². The van der Waals surface area contributed by atoms with Crippen LogP contribution in [0.3, 0.4) is 0 Å². The summed E-state index contributed by atoms with van der Waals surface area (Å²) < 4.78 is 10.3. The van der Waals surface area contributed by atoms with Crippen molar-refractivity contribution in [1.29, 1.82) is 0 Å². The minimum atomic E-state index is -1.59. The molecule has 0 unspecified atom stereocenters. The molecular weight excluding hydrogens is 272 g/mol. The summed E-state index contributed by atoms with van der Waals surface area (Å²) in [7, 11) is 0. The van der Waals surface area contributed by atoms with Crippen molar-refractivity contribution in [3.05, 3.63) is 18.2 Å². The quantitative estimate of drug-likeness (QED) is 0.361. The fourth-order valence-electron chi connectivity index (χ4n) is 1.89. The van der Waals surface area contributed by atoms with Gasteiger partial charge in [0.1, 0.15) is 30.2 Å². The van der Waals surface area contributed by atoms with Gasteiger partial charge in [0.05, 0.1) is 6.61 Å². The first-order valence-corrected chi connectivity index (χ1v) is 5.93. The molecule has 8 nitrogen and oxygen atoms in total. The third-order valence-corrected chi connectivity index (χ3v) is 3.03. The molecule has 1 aliphatic rings. The first-order valence-electron chi connectivity index (χ1n) is 5.93. The molecule has 8 heteroatoms. The Morgan fingerprint density at radius 1 is 1.05 bits per heavy atom. The van der Waals surface area contributed by atoms with E-state index >= 15 is 0 Å². The number of ether oxygens (including phenoxy) is 2. The summed E-state index contributed by atoms with van der Waals surface area (Å²) in [6.45, 7) is -0.586. The normalized spacial score (nSPS) is 33.9. The van der Waals surface area contributed by atoms with Crippen LogP contribution in [0.4, 0.5) is 0 Å². The smallest absolute Gasteiger partial charge is 0.229 e. The number of hydrogen-bond donors (Lipinski definition) is 6. The molecule has 1 saturated heterocycles. The first-order chi connectivity index (χ1) is 9.43. The van der Waals surface area contributed by atoms with Gasteiger partial charge in [0.2, 0.25) is 6.29 Å². The van der Waals surface area contributed by atoms with E-state index < -0.39 is 37.3 Å². The van der Waals surface area contributed by atoms with Gasteiger partial charge in [-0.1, -0.05) is 0 Å². The van der Waals surface area contributed by atoms with Crippen LogP contribution in [0.15, 0.2) is 18.2 Å². The largest absolute Gasteiger partial charge is 0.508 e. The number of aliphatic hydroxyl groups excluding tert-OH is 4. The lowest BCUT2D eigenvalue weighted by atomic mass is 9.99. The Labute approximate surface area is 114 Å². The monoisotopic (exact) mass is 288 g/mol. The molecule has 0 amide bonds. The van der Waals surface area contributed by atoms with Crippen molar-refractivity contribution in [3.63, 3.8) is 0 Å². The second-order valence-electron chi connectivity index (χ2n) is 4.47. The number of aromatic hydroxyl groups is 2. The van der Waals surface area contributed by atoms with Crippen molar-refractivity contribution >= 4 is 0 Å². The number of phenols is 2. The Bertz CT molecular complexity index is 463. The van der Waals surface area contributed by atoms with Gasteiger partial charge in [0.15, 0.2) is 11.5 Å². The molecule has 0 spiro atoms. The predicted octanol–water partition coefficient (Wildman–Crippen LogP) is -1.72. The van der Waals surface area contributed by atoms with Crippen molar-refractivity contribution < 1.29 is 40.1 Å². The molecule has 112 valence electrons. The van der Waals surface area contributed by atoms with Gasteiger partial charge in [-0.2, -0.15) is 0 Å². The van der Waals surface area contributed by atoms with Crippen LogP contribution in [-0.2, 0) is 4.74 Å². The second kappa shape index (κ2) is 5.81. The minimum absolute atomic E-state index is 0.172. The Hall–Kier alpha value is -1.58. The summed E-state index contributed by atoms with van der Waals surface area (Å²) in [5.41, 5.74) is 0. The molecule has 1 aromatic rings. The summed E-state index contributed by atoms with van der Waals surface area (Å²) in [6.07, 6.45) is -7.19. The number of phenolic OH excluding ortho intramolecular Hbond substituents is 2. The van der Waals surface area contributed by atoms with Gasteiger partial charge in [0, 0.05) is 6.07 Å². The number of rotatable bonds is 3. The molecule has 1 aromatic carbocycles. The molecular formula is C12H16O8. The van der Waals surface area contributed by atoms with Crippen LogP contribution in [0.2, 0.25) is 0 Å². The Balaban J connectivity index is 2.17. The van der Waals surface area contributed by atoms with E-state index in [-0.39, 0.29) is 17.2 Å². The maximum Gasteiger partial charge on any atom is 0.229 e. The van der Waals surface area contributed by atoms with Crippen LogP contribution in [-0.4, -0.2) is 68.0 Å². The van der Waals surface area contributed by atoms with Crippen molar-refractivity contribution in [2.75, 3.05) is 6.61 Å². The minimum Gasteiger partial charge on any atom is -0.508 e. The van der Waals surface area contributed by atoms with E-state index in [1.165, 1.54) is 12.1 Å². The average molecular weight is 288 g/mol. The predicted molar refractivity (Wildman–Crippen MR) is 64.2 cm³/mol. The van der Waals surface area contributed by atoms with E-state index in [1.54, 1.807) is 0 Å². The molecule has 5 atom stereocenters. The summed E-state index contributed by atoms with van der Waals surface area (Å²) in [4.78, 5) is 0. The fraction of sp³-hybridized carbons (Fsp3) is 0.500. The maximum atomic E-state index is 9.76. The number of benzene rings is 1. The van der Waals surface area contributed by atoms with E-state index in [0.717, 1.165) is 6.07 Å². The molecule has 0 radical (unpaired) electrons. The van der Waals surface area contributed by atoms with Gasteiger partial charge >= 0.3 is 0 Å². The molecule has 20 heavy (non-hydrogen) atoms. The zero-order valence-electron chi connectivity index (χ0n) is 10.3. The Morgan fingerprint density at radius 3 is 2.40 bits per heavy atom. The highest BCUT2D eigenvalue weighted by Crippen LogP contribution is 2.32. The van der Waals surface area contributed by atoms with Crippen LogP contribution in [0.25, 0.3) is 0 Å². The molecule has 1 fully saturated rings. The van der Waals surface area contributed by atoms with Gasteiger partial charge in [-0.15, -0.1) is 0 Å². The topological polar surface area (TPSA) is 140 Å². The van der Waals surface area contributed by atoms with Gasteiger partial charge in [-0.3, -0.25) is 0 Å². The molecule has 0 aliphatic carbocycles.